The number of hydrogen-bond donors (Lipinski definition) is 3. The lowest BCUT2D eigenvalue weighted by Crippen LogP contribution is -2.28. The Hall–Kier alpha value is -12.1. The van der Waals surface area contributed by atoms with Gasteiger partial charge in [0, 0.05) is 73.1 Å². The zero-order valence-corrected chi connectivity index (χ0v) is 56.3. The molecule has 0 bridgehead atoms. The van der Waals surface area contributed by atoms with Crippen molar-refractivity contribution >= 4 is 32.1 Å². The van der Waals surface area contributed by atoms with E-state index in [1.807, 2.05) is 194 Å². The summed E-state index contributed by atoms with van der Waals surface area (Å²) in [4.78, 5) is 40.8. The summed E-state index contributed by atoms with van der Waals surface area (Å²) in [5, 5.41) is 12.5. The maximum Gasteiger partial charge on any atom is 0.394 e. The highest BCUT2D eigenvalue weighted by Gasteiger charge is 2.53. The van der Waals surface area contributed by atoms with Crippen LogP contribution >= 0.6 is 15.9 Å². The highest BCUT2D eigenvalue weighted by Crippen LogP contribution is 2.62. The molecule has 3 heterocycles. The fourth-order valence-electron chi connectivity index (χ4n) is 14.1. The van der Waals surface area contributed by atoms with E-state index in [1.54, 1.807) is 6.20 Å². The Morgan fingerprint density at radius 1 is 0.287 bits per heavy atom. The minimum atomic E-state index is -4.67. The van der Waals surface area contributed by atoms with E-state index in [1.165, 1.54) is 44.5 Å². The van der Waals surface area contributed by atoms with E-state index in [9.17, 15) is 9.90 Å². The van der Waals surface area contributed by atoms with Gasteiger partial charge in [0.1, 0.15) is 5.69 Å². The summed E-state index contributed by atoms with van der Waals surface area (Å²) in [6.07, 6.45) is 5.60. The molecule has 19 rings (SSSR count). The molecule has 0 aliphatic heterocycles. The van der Waals surface area contributed by atoms with E-state index in [0.717, 1.165) is 82.8 Å². The van der Waals surface area contributed by atoms with Gasteiger partial charge in [0.25, 0.3) is 0 Å². The van der Waals surface area contributed by atoms with Crippen molar-refractivity contribution in [2.75, 3.05) is 0 Å². The second-order valence-corrected chi connectivity index (χ2v) is 25.9. The molecule has 12 aromatic carbocycles. The van der Waals surface area contributed by atoms with Gasteiger partial charge in [-0.25, -0.2) is 29.9 Å². The van der Waals surface area contributed by atoms with E-state index in [4.69, 9.17) is 32.5 Å². The van der Waals surface area contributed by atoms with Crippen LogP contribution in [0.2, 0.25) is 0 Å². The molecule has 0 radical (unpaired) electrons. The van der Waals surface area contributed by atoms with E-state index in [0.29, 0.717) is 28.6 Å². The molecule has 0 fully saturated rings. The number of carbonyl (C=O) groups is 1. The first-order chi connectivity index (χ1) is 49.4. The first-order valence-corrected chi connectivity index (χ1v) is 34.8. The van der Waals surface area contributed by atoms with E-state index in [-0.39, 0.29) is 5.78 Å². The Morgan fingerprint density at radius 2 is 0.574 bits per heavy atom. The molecule has 0 amide bonds. The number of rotatable bonds is 6. The maximum atomic E-state index is 12.5. The molecule has 486 valence electrons. The molecule has 1 unspecified atom stereocenters. The molecular weight excluding hydrogens is 1340 g/mol. The van der Waals surface area contributed by atoms with Crippen LogP contribution in [0.25, 0.3) is 101 Å². The van der Waals surface area contributed by atoms with Gasteiger partial charge < -0.3 is 5.11 Å². The van der Waals surface area contributed by atoms with Crippen molar-refractivity contribution in [2.45, 2.75) is 11.0 Å². The van der Waals surface area contributed by atoms with Crippen molar-refractivity contribution in [2.24, 2.45) is 0 Å². The molecule has 4 aliphatic rings. The summed E-state index contributed by atoms with van der Waals surface area (Å²) >= 11 is 3.53. The first-order valence-electron chi connectivity index (χ1n) is 32.6. The van der Waals surface area contributed by atoms with Crippen LogP contribution in [0, 0.1) is 0 Å². The Balaban J connectivity index is 0.000000111. The van der Waals surface area contributed by atoms with Crippen LogP contribution in [0.15, 0.2) is 345 Å². The molecule has 0 saturated carbocycles. The molecule has 3 aromatic heterocycles. The average molecular weight is 1400 g/mol. The molecule has 4 aliphatic carbocycles. The number of aromatic nitrogens is 6. The van der Waals surface area contributed by atoms with Gasteiger partial charge in [-0.1, -0.05) is 331 Å². The lowest BCUT2D eigenvalue weighted by atomic mass is 9.72. The van der Waals surface area contributed by atoms with Crippen molar-refractivity contribution in [3.05, 3.63) is 395 Å². The highest BCUT2D eigenvalue weighted by atomic mass is 79.9. The number of halogens is 1. The van der Waals surface area contributed by atoms with Crippen molar-refractivity contribution in [3.8, 4) is 101 Å². The van der Waals surface area contributed by atoms with Gasteiger partial charge in [0.2, 0.25) is 5.78 Å². The molecule has 15 aromatic rings. The van der Waals surface area contributed by atoms with Crippen LogP contribution in [0.1, 0.15) is 55.3 Å². The predicted molar refractivity (Wildman–Crippen MR) is 401 cm³/mol. The van der Waals surface area contributed by atoms with Gasteiger partial charge >= 0.3 is 10.4 Å². The second kappa shape index (κ2) is 27.6. The molecule has 1 spiro atoms. The minimum absolute atomic E-state index is 0.0184. The van der Waals surface area contributed by atoms with Crippen molar-refractivity contribution in [3.63, 3.8) is 0 Å². The van der Waals surface area contributed by atoms with Crippen LogP contribution < -0.4 is 0 Å². The highest BCUT2D eigenvalue weighted by molar-refractivity contribution is 9.10. The average Bonchev–Trinajstić information content (AvgIpc) is 1.51. The van der Waals surface area contributed by atoms with Crippen LogP contribution in [0.5, 0.6) is 0 Å². The van der Waals surface area contributed by atoms with Gasteiger partial charge in [-0.3, -0.25) is 13.9 Å². The number of fused-ring (bicyclic) bond motifs is 16. The molecule has 12 nitrogen and oxygen atoms in total. The monoisotopic (exact) mass is 1390 g/mol. The lowest BCUT2D eigenvalue weighted by Gasteiger charge is -2.29. The fourth-order valence-corrected chi connectivity index (χ4v) is 14.6. The summed E-state index contributed by atoms with van der Waals surface area (Å²) in [5.41, 5.74) is 22.6. The molecule has 3 N–H and O–H groups in total. The smallest absolute Gasteiger partial charge is 0.374 e. The van der Waals surface area contributed by atoms with Crippen LogP contribution in [-0.4, -0.2) is 58.3 Å². The Labute approximate surface area is 592 Å². The van der Waals surface area contributed by atoms with Gasteiger partial charge in [-0.05, 0) is 72.8 Å². The van der Waals surface area contributed by atoms with Gasteiger partial charge in [0.15, 0.2) is 23.1 Å². The van der Waals surface area contributed by atoms with Crippen molar-refractivity contribution in [1.29, 1.82) is 0 Å². The fraction of sp³-hybridized carbons (Fsp3) is 0.0230. The number of nitrogens with zero attached hydrogens (tertiary/aromatic N) is 6. The Morgan fingerprint density at radius 3 is 1.02 bits per heavy atom. The number of hydrogen-bond acceptors (Lipinski definition) is 10. The largest absolute Gasteiger partial charge is 0.394 e. The number of aliphatic hydroxyl groups is 1. The Kier molecular flexibility index (Phi) is 17.7. The first kappa shape index (κ1) is 64.8. The van der Waals surface area contributed by atoms with Crippen LogP contribution in [0.4, 0.5) is 0 Å². The minimum Gasteiger partial charge on any atom is -0.374 e. The molecule has 14 heteroatoms. The summed E-state index contributed by atoms with van der Waals surface area (Å²) in [6.45, 7) is 0. The van der Waals surface area contributed by atoms with Gasteiger partial charge in [0.05, 0.1) is 16.8 Å². The summed E-state index contributed by atoms with van der Waals surface area (Å²) in [7, 11) is -4.67. The normalized spacial score (nSPS) is 13.8. The third-order valence-electron chi connectivity index (χ3n) is 18.4. The topological polar surface area (TPSA) is 189 Å². The maximum absolute atomic E-state index is 12.5. The quantitative estimate of drug-likeness (QED) is 0.134. The summed E-state index contributed by atoms with van der Waals surface area (Å²) in [5.74, 6) is 1.95. The SMILES string of the molecule is Brc1ccccc1-c1ccccc1.O=C1c2ccccc2-c2cnc(-c3ccccc3)nc21.O=S(=O)(O)O.OC1(c2ccccc2-c2ccccc2)c2ccccc2-c2cnc(-c3ccccc3)nc21.c1ccc(-c2ncc3c(n2)C2(c4ccccc4-c4ccccc42)c2ccccc2-3)cc1. The van der Waals surface area contributed by atoms with Crippen LogP contribution in [0.3, 0.4) is 0 Å². The van der Waals surface area contributed by atoms with E-state index >= 15 is 0 Å². The van der Waals surface area contributed by atoms with Crippen molar-refractivity contribution < 1.29 is 27.4 Å². The van der Waals surface area contributed by atoms with Gasteiger partial charge in [-0.2, -0.15) is 8.42 Å². The third-order valence-corrected chi connectivity index (χ3v) is 19.1. The predicted octanol–water partition coefficient (Wildman–Crippen LogP) is 19.4. The number of carbonyl (C=O) groups excluding carboxylic acids is 1. The third kappa shape index (κ3) is 12.3. The summed E-state index contributed by atoms with van der Waals surface area (Å²) in [6, 6.07) is 108. The van der Waals surface area contributed by atoms with Crippen molar-refractivity contribution in [1.82, 2.24) is 29.9 Å². The van der Waals surface area contributed by atoms with Gasteiger partial charge in [-0.15, -0.1) is 0 Å². The standard InChI is InChI=1S/C29H20N2O.C29H18N2.C17H10N2O.C12H9Br.H2O4S/c32-29(25-17-9-7-15-22(25)20-11-3-1-4-12-20)26-18-10-8-16-23(26)24-19-30-28(31-27(24)29)21-13-5-2-6-14-21;1-2-10-19(11-3-1)28-30-18-23-22-14-6-9-17-26(22)29(27(23)31-28)24-15-7-4-12-20(24)21-13-5-8-16-25(21)29;20-16-13-9-5-4-8-12(13)14-10-18-17(19-15(14)16)11-6-2-1-3-7-11;13-12-9-5-4-8-11(12)10-6-2-1-3-7-10;1-5(2,3)4/h1-19,32H;1-18H;1-10H;1-9H;(H2,1,2,3,4). The van der Waals surface area contributed by atoms with E-state index < -0.39 is 21.4 Å². The number of ketones is 1. The molecule has 101 heavy (non-hydrogen) atoms. The number of benzene rings is 12. The van der Waals surface area contributed by atoms with E-state index in [2.05, 4.69) is 170 Å². The molecule has 0 saturated heterocycles. The molecular formula is C87H59BrN6O6S. The second-order valence-electron chi connectivity index (χ2n) is 24.2. The zero-order valence-electron chi connectivity index (χ0n) is 53.9. The summed E-state index contributed by atoms with van der Waals surface area (Å²) < 4.78 is 32.7. The molecule has 1 atom stereocenters. The zero-order chi connectivity index (χ0) is 69.1. The lowest BCUT2D eigenvalue weighted by molar-refractivity contribution is 0.103. The Bertz CT molecular complexity index is 5650. The van der Waals surface area contributed by atoms with Crippen LogP contribution in [-0.2, 0) is 21.4 Å².